The van der Waals surface area contributed by atoms with Gasteiger partial charge in [-0.25, -0.2) is 4.39 Å². The van der Waals surface area contributed by atoms with Crippen LogP contribution >= 0.6 is 0 Å². The van der Waals surface area contributed by atoms with Gasteiger partial charge in [0.1, 0.15) is 5.82 Å². The molecule has 1 saturated heterocycles. The predicted octanol–water partition coefficient (Wildman–Crippen LogP) is 5.62. The first kappa shape index (κ1) is 28.5. The van der Waals surface area contributed by atoms with E-state index in [4.69, 9.17) is 0 Å². The molecule has 0 bridgehead atoms. The molecule has 0 aromatic heterocycles. The summed E-state index contributed by atoms with van der Waals surface area (Å²) in [6, 6.07) is 28.0. The summed E-state index contributed by atoms with van der Waals surface area (Å²) in [5.74, 6) is -1.18. The van der Waals surface area contributed by atoms with Gasteiger partial charge in [-0.05, 0) is 61.0 Å². The zero-order chi connectivity index (χ0) is 29.6. The van der Waals surface area contributed by atoms with Crippen molar-refractivity contribution in [3.05, 3.63) is 131 Å². The molecule has 0 saturated carbocycles. The Labute approximate surface area is 245 Å². The zero-order valence-corrected chi connectivity index (χ0v) is 23.7. The van der Waals surface area contributed by atoms with E-state index in [-0.39, 0.29) is 17.4 Å². The second kappa shape index (κ2) is 12.7. The first-order valence-electron chi connectivity index (χ1n) is 13.9. The van der Waals surface area contributed by atoms with Crippen molar-refractivity contribution in [3.8, 4) is 0 Å². The second-order valence-electron chi connectivity index (χ2n) is 10.5. The normalized spacial score (nSPS) is 13.0. The van der Waals surface area contributed by atoms with Gasteiger partial charge in [0, 0.05) is 62.3 Å². The molecule has 0 radical (unpaired) electrons. The molecule has 1 N–H and O–H groups in total. The SMILES string of the molecule is Cc1ccc(C(=O)N2CCN(c3ccc(NC(=O)c4cccc(F)c4)cc3C(=O)N(C)Cc3ccccc3)CC2)cc1. The Bertz CT molecular complexity index is 1580. The number of carbonyl (C=O) groups is 3. The molecular formula is C34H33FN4O3. The van der Waals surface area contributed by atoms with Gasteiger partial charge in [-0.3, -0.25) is 14.4 Å². The van der Waals surface area contributed by atoms with Crippen LogP contribution in [0.3, 0.4) is 0 Å². The first-order chi connectivity index (χ1) is 20.3. The van der Waals surface area contributed by atoms with Gasteiger partial charge in [-0.15, -0.1) is 0 Å². The van der Waals surface area contributed by atoms with Crippen LogP contribution in [-0.2, 0) is 6.54 Å². The van der Waals surface area contributed by atoms with Crippen LogP contribution in [0.25, 0.3) is 0 Å². The number of halogens is 1. The monoisotopic (exact) mass is 564 g/mol. The average molecular weight is 565 g/mol. The number of amides is 3. The molecule has 1 heterocycles. The highest BCUT2D eigenvalue weighted by molar-refractivity contribution is 6.06. The number of nitrogens with one attached hydrogen (secondary N) is 1. The van der Waals surface area contributed by atoms with Crippen molar-refractivity contribution in [2.24, 2.45) is 0 Å². The van der Waals surface area contributed by atoms with E-state index in [1.165, 1.54) is 24.3 Å². The Morgan fingerprint density at radius 1 is 0.810 bits per heavy atom. The molecule has 0 atom stereocenters. The molecule has 1 fully saturated rings. The van der Waals surface area contributed by atoms with Crippen LogP contribution in [0.15, 0.2) is 97.1 Å². The molecule has 4 aromatic rings. The fourth-order valence-electron chi connectivity index (χ4n) is 5.06. The fraction of sp³-hybridized carbons (Fsp3) is 0.206. The third-order valence-electron chi connectivity index (χ3n) is 7.39. The molecule has 42 heavy (non-hydrogen) atoms. The molecule has 1 aliphatic rings. The van der Waals surface area contributed by atoms with Crippen LogP contribution in [0.4, 0.5) is 15.8 Å². The van der Waals surface area contributed by atoms with Gasteiger partial charge in [0.05, 0.1) is 5.56 Å². The van der Waals surface area contributed by atoms with Gasteiger partial charge < -0.3 is 20.0 Å². The van der Waals surface area contributed by atoms with Crippen molar-refractivity contribution in [3.63, 3.8) is 0 Å². The number of rotatable bonds is 7. The number of piperazine rings is 1. The molecule has 7 nitrogen and oxygen atoms in total. The van der Waals surface area contributed by atoms with E-state index < -0.39 is 11.7 Å². The molecule has 0 spiro atoms. The Hall–Kier alpha value is -4.98. The maximum atomic E-state index is 13.8. The van der Waals surface area contributed by atoms with E-state index in [9.17, 15) is 18.8 Å². The summed E-state index contributed by atoms with van der Waals surface area (Å²) in [5, 5.41) is 2.80. The van der Waals surface area contributed by atoms with Crippen LogP contribution in [0, 0.1) is 12.7 Å². The molecular weight excluding hydrogens is 531 g/mol. The van der Waals surface area contributed by atoms with E-state index in [1.54, 1.807) is 24.1 Å². The van der Waals surface area contributed by atoms with E-state index in [1.807, 2.05) is 72.5 Å². The Balaban J connectivity index is 1.37. The predicted molar refractivity (Wildman–Crippen MR) is 162 cm³/mol. The number of hydrogen-bond donors (Lipinski definition) is 1. The lowest BCUT2D eigenvalue weighted by molar-refractivity contribution is 0.0742. The number of benzene rings is 4. The maximum absolute atomic E-state index is 13.8. The van der Waals surface area contributed by atoms with Gasteiger partial charge in [0.15, 0.2) is 0 Å². The number of anilines is 2. The zero-order valence-electron chi connectivity index (χ0n) is 23.7. The molecule has 0 unspecified atom stereocenters. The smallest absolute Gasteiger partial charge is 0.256 e. The third kappa shape index (κ3) is 6.66. The Morgan fingerprint density at radius 3 is 2.21 bits per heavy atom. The largest absolute Gasteiger partial charge is 0.367 e. The molecule has 4 aromatic carbocycles. The Morgan fingerprint density at radius 2 is 1.52 bits per heavy atom. The molecule has 3 amide bonds. The lowest BCUT2D eigenvalue weighted by Gasteiger charge is -2.37. The van der Waals surface area contributed by atoms with Crippen LogP contribution < -0.4 is 10.2 Å². The topological polar surface area (TPSA) is 73.0 Å². The average Bonchev–Trinajstić information content (AvgIpc) is 3.01. The molecule has 1 aliphatic heterocycles. The maximum Gasteiger partial charge on any atom is 0.256 e. The van der Waals surface area contributed by atoms with Gasteiger partial charge >= 0.3 is 0 Å². The highest BCUT2D eigenvalue weighted by Crippen LogP contribution is 2.28. The number of aryl methyl sites for hydroxylation is 1. The van der Waals surface area contributed by atoms with Crippen LogP contribution in [0.1, 0.15) is 42.2 Å². The summed E-state index contributed by atoms with van der Waals surface area (Å²) in [4.78, 5) is 45.3. The molecule has 8 heteroatoms. The van der Waals surface area contributed by atoms with E-state index in [0.717, 1.165) is 16.8 Å². The van der Waals surface area contributed by atoms with Gasteiger partial charge in [-0.1, -0.05) is 54.1 Å². The van der Waals surface area contributed by atoms with Crippen molar-refractivity contribution >= 4 is 29.1 Å². The van der Waals surface area contributed by atoms with Crippen LogP contribution in [0.5, 0.6) is 0 Å². The van der Waals surface area contributed by atoms with E-state index >= 15 is 0 Å². The summed E-state index contributed by atoms with van der Waals surface area (Å²) >= 11 is 0. The lowest BCUT2D eigenvalue weighted by Crippen LogP contribution is -2.49. The Kier molecular flexibility index (Phi) is 8.62. The van der Waals surface area contributed by atoms with Crippen molar-refractivity contribution < 1.29 is 18.8 Å². The summed E-state index contributed by atoms with van der Waals surface area (Å²) in [6.07, 6.45) is 0. The van der Waals surface area contributed by atoms with E-state index in [2.05, 4.69) is 10.2 Å². The fourth-order valence-corrected chi connectivity index (χ4v) is 5.06. The highest BCUT2D eigenvalue weighted by atomic mass is 19.1. The van der Waals surface area contributed by atoms with Crippen molar-refractivity contribution in [2.45, 2.75) is 13.5 Å². The minimum atomic E-state index is -0.503. The van der Waals surface area contributed by atoms with Gasteiger partial charge in [0.25, 0.3) is 17.7 Å². The number of carbonyl (C=O) groups excluding carboxylic acids is 3. The summed E-state index contributed by atoms with van der Waals surface area (Å²) in [6.45, 7) is 4.53. The van der Waals surface area contributed by atoms with Gasteiger partial charge in [0.2, 0.25) is 0 Å². The first-order valence-corrected chi connectivity index (χ1v) is 13.9. The van der Waals surface area contributed by atoms with Crippen LogP contribution in [-0.4, -0.2) is 60.7 Å². The summed E-state index contributed by atoms with van der Waals surface area (Å²) in [7, 11) is 1.75. The standard InChI is InChI=1S/C34H33FN4O3/c1-24-11-13-26(14-12-24)33(41)39-19-17-38(18-20-39)31-16-15-29(36-32(40)27-9-6-10-28(35)21-27)22-30(31)34(42)37(2)23-25-7-4-3-5-8-25/h3-16,21-22H,17-20,23H2,1-2H3,(H,36,40). The quantitative estimate of drug-likeness (QED) is 0.316. The van der Waals surface area contributed by atoms with Gasteiger partial charge in [-0.2, -0.15) is 0 Å². The van der Waals surface area contributed by atoms with Crippen LogP contribution in [0.2, 0.25) is 0 Å². The molecule has 5 rings (SSSR count). The minimum Gasteiger partial charge on any atom is -0.367 e. The number of hydrogen-bond acceptors (Lipinski definition) is 4. The second-order valence-corrected chi connectivity index (χ2v) is 10.5. The summed E-state index contributed by atoms with van der Waals surface area (Å²) in [5.41, 5.74) is 4.52. The van der Waals surface area contributed by atoms with Crippen molar-refractivity contribution in [2.75, 3.05) is 43.4 Å². The number of nitrogens with zero attached hydrogens (tertiary/aromatic N) is 3. The summed E-state index contributed by atoms with van der Waals surface area (Å²) < 4.78 is 13.7. The van der Waals surface area contributed by atoms with Crippen molar-refractivity contribution in [1.29, 1.82) is 0 Å². The van der Waals surface area contributed by atoms with Crippen molar-refractivity contribution in [1.82, 2.24) is 9.80 Å². The highest BCUT2D eigenvalue weighted by Gasteiger charge is 2.26. The molecule has 214 valence electrons. The molecule has 0 aliphatic carbocycles. The minimum absolute atomic E-state index is 0.0102. The third-order valence-corrected chi connectivity index (χ3v) is 7.39. The van der Waals surface area contributed by atoms with E-state index in [0.29, 0.717) is 49.5 Å². The lowest BCUT2D eigenvalue weighted by atomic mass is 10.1.